The fourth-order valence-electron chi connectivity index (χ4n) is 3.92. The average molecular weight is 336 g/mol. The highest BCUT2D eigenvalue weighted by molar-refractivity contribution is 5.80. The first-order valence-electron chi connectivity index (χ1n) is 8.04. The van der Waals surface area contributed by atoms with Gasteiger partial charge in [-0.05, 0) is 36.5 Å². The van der Waals surface area contributed by atoms with E-state index in [2.05, 4.69) is 5.32 Å². The summed E-state index contributed by atoms with van der Waals surface area (Å²) in [5.41, 5.74) is -0.202. The van der Waals surface area contributed by atoms with Crippen molar-refractivity contribution in [3.05, 3.63) is 29.6 Å². The Kier molecular flexibility index (Phi) is 4.34. The van der Waals surface area contributed by atoms with Gasteiger partial charge in [0.1, 0.15) is 11.6 Å². The Hall–Kier alpha value is -2.31. The van der Waals surface area contributed by atoms with Gasteiger partial charge in [0.05, 0.1) is 12.5 Å². The van der Waals surface area contributed by atoms with Gasteiger partial charge < -0.3 is 20.1 Å². The Morgan fingerprint density at radius 2 is 2.25 bits per heavy atom. The second-order valence-electron chi connectivity index (χ2n) is 6.59. The van der Waals surface area contributed by atoms with E-state index in [9.17, 15) is 19.1 Å². The number of carbonyl (C=O) groups excluding carboxylic acids is 1. The third-order valence-corrected chi connectivity index (χ3v) is 5.19. The number of nitrogens with one attached hydrogen (secondary N) is 1. The van der Waals surface area contributed by atoms with Crippen LogP contribution in [-0.4, -0.2) is 42.2 Å². The fourth-order valence-corrected chi connectivity index (χ4v) is 3.92. The summed E-state index contributed by atoms with van der Waals surface area (Å²) in [7, 11) is 1.45. The van der Waals surface area contributed by atoms with Crippen LogP contribution in [0.1, 0.15) is 24.8 Å². The van der Waals surface area contributed by atoms with Crippen molar-refractivity contribution in [1.29, 1.82) is 0 Å². The SMILES string of the molecule is COc1cc(F)cc(CNC(=O)N2C[C@@H]3CCC[C@@]3(C(=O)O)C2)c1. The molecule has 7 heteroatoms. The number of carboxylic acids is 1. The molecule has 0 spiro atoms. The number of carboxylic acid groups (broad SMARTS) is 1. The predicted octanol–water partition coefficient (Wildman–Crippen LogP) is 2.23. The fraction of sp³-hybridized carbons (Fsp3) is 0.529. The van der Waals surface area contributed by atoms with Gasteiger partial charge >= 0.3 is 12.0 Å². The Balaban J connectivity index is 1.62. The second-order valence-corrected chi connectivity index (χ2v) is 6.59. The summed E-state index contributed by atoms with van der Waals surface area (Å²) in [6, 6.07) is 3.94. The first-order valence-corrected chi connectivity index (χ1v) is 8.04. The average Bonchev–Trinajstić information content (AvgIpc) is 3.10. The van der Waals surface area contributed by atoms with Crippen molar-refractivity contribution >= 4 is 12.0 Å². The van der Waals surface area contributed by atoms with E-state index in [1.165, 1.54) is 19.2 Å². The van der Waals surface area contributed by atoms with Gasteiger partial charge in [-0.15, -0.1) is 0 Å². The second kappa shape index (κ2) is 6.30. The Morgan fingerprint density at radius 1 is 1.46 bits per heavy atom. The summed E-state index contributed by atoms with van der Waals surface area (Å²) < 4.78 is 18.5. The number of rotatable bonds is 4. The van der Waals surface area contributed by atoms with Crippen LogP contribution in [0.4, 0.5) is 9.18 Å². The van der Waals surface area contributed by atoms with Crippen molar-refractivity contribution in [3.8, 4) is 5.75 Å². The summed E-state index contributed by atoms with van der Waals surface area (Å²) in [5.74, 6) is -0.830. The largest absolute Gasteiger partial charge is 0.497 e. The van der Waals surface area contributed by atoms with Gasteiger partial charge in [0.25, 0.3) is 0 Å². The topological polar surface area (TPSA) is 78.9 Å². The normalized spacial score (nSPS) is 25.4. The number of likely N-dealkylation sites (tertiary alicyclic amines) is 1. The molecule has 1 saturated carbocycles. The molecule has 2 aliphatic rings. The number of methoxy groups -OCH3 is 1. The number of urea groups is 1. The number of hydrogen-bond donors (Lipinski definition) is 2. The molecule has 0 bridgehead atoms. The molecule has 3 rings (SSSR count). The van der Waals surface area contributed by atoms with E-state index in [-0.39, 0.29) is 25.0 Å². The molecule has 24 heavy (non-hydrogen) atoms. The summed E-state index contributed by atoms with van der Waals surface area (Å²) in [4.78, 5) is 25.6. The molecule has 2 fully saturated rings. The van der Waals surface area contributed by atoms with Crippen LogP contribution < -0.4 is 10.1 Å². The molecule has 1 aliphatic heterocycles. The number of nitrogens with zero attached hydrogens (tertiary/aromatic N) is 1. The maximum absolute atomic E-state index is 13.5. The van der Waals surface area contributed by atoms with Gasteiger partial charge in [-0.1, -0.05) is 6.42 Å². The Morgan fingerprint density at radius 3 is 2.92 bits per heavy atom. The number of halogens is 1. The number of hydrogen-bond acceptors (Lipinski definition) is 3. The Labute approximate surface area is 139 Å². The molecular formula is C17H21FN2O4. The van der Waals surface area contributed by atoms with Crippen molar-refractivity contribution in [1.82, 2.24) is 10.2 Å². The van der Waals surface area contributed by atoms with Crippen LogP contribution in [0.3, 0.4) is 0 Å². The van der Waals surface area contributed by atoms with E-state index in [4.69, 9.17) is 4.74 Å². The highest BCUT2D eigenvalue weighted by atomic mass is 19.1. The van der Waals surface area contributed by atoms with E-state index in [1.807, 2.05) is 0 Å². The van der Waals surface area contributed by atoms with E-state index in [0.717, 1.165) is 12.8 Å². The van der Waals surface area contributed by atoms with Crippen LogP contribution in [0, 0.1) is 17.2 Å². The standard InChI is InChI=1S/C17H21FN2O4/c1-24-14-6-11(5-13(18)7-14)8-19-16(23)20-9-12-3-2-4-17(12,10-20)15(21)22/h5-7,12H,2-4,8-10H2,1H3,(H,19,23)(H,21,22)/t12-,17+/m0/s1. The minimum absolute atomic E-state index is 0.0232. The zero-order chi connectivity index (χ0) is 17.3. The summed E-state index contributed by atoms with van der Waals surface area (Å²) in [6.07, 6.45) is 2.37. The van der Waals surface area contributed by atoms with E-state index < -0.39 is 17.2 Å². The molecule has 1 saturated heterocycles. The zero-order valence-corrected chi connectivity index (χ0v) is 13.5. The van der Waals surface area contributed by atoms with Crippen molar-refractivity contribution in [2.24, 2.45) is 11.3 Å². The van der Waals surface area contributed by atoms with Crippen molar-refractivity contribution in [3.63, 3.8) is 0 Å². The van der Waals surface area contributed by atoms with Gasteiger partial charge in [-0.2, -0.15) is 0 Å². The predicted molar refractivity (Wildman–Crippen MR) is 84.2 cm³/mol. The molecule has 0 aromatic heterocycles. The van der Waals surface area contributed by atoms with E-state index >= 15 is 0 Å². The van der Waals surface area contributed by atoms with E-state index in [1.54, 1.807) is 11.0 Å². The number of ether oxygens (including phenoxy) is 1. The maximum atomic E-state index is 13.5. The van der Waals surface area contributed by atoms with Crippen molar-refractivity contribution in [2.75, 3.05) is 20.2 Å². The number of aliphatic carboxylic acids is 1. The third-order valence-electron chi connectivity index (χ3n) is 5.19. The molecule has 6 nitrogen and oxygen atoms in total. The van der Waals surface area contributed by atoms with Crippen LogP contribution in [-0.2, 0) is 11.3 Å². The first kappa shape index (κ1) is 16.5. The van der Waals surface area contributed by atoms with Crippen LogP contribution in [0.25, 0.3) is 0 Å². The molecule has 1 aromatic rings. The summed E-state index contributed by atoms with van der Waals surface area (Å²) in [5, 5.41) is 12.3. The lowest BCUT2D eigenvalue weighted by atomic mass is 9.81. The van der Waals surface area contributed by atoms with E-state index in [0.29, 0.717) is 24.3 Å². The highest BCUT2D eigenvalue weighted by Gasteiger charge is 2.55. The van der Waals surface area contributed by atoms with Crippen LogP contribution in [0.5, 0.6) is 5.75 Å². The minimum Gasteiger partial charge on any atom is -0.497 e. The lowest BCUT2D eigenvalue weighted by Gasteiger charge is -2.23. The lowest BCUT2D eigenvalue weighted by molar-refractivity contribution is -0.149. The van der Waals surface area contributed by atoms with Crippen LogP contribution in [0.15, 0.2) is 18.2 Å². The molecule has 2 amide bonds. The molecular weight excluding hydrogens is 315 g/mol. The smallest absolute Gasteiger partial charge is 0.317 e. The number of carbonyl (C=O) groups is 2. The summed E-state index contributed by atoms with van der Waals surface area (Å²) in [6.45, 7) is 0.865. The number of amides is 2. The molecule has 2 atom stereocenters. The molecule has 0 radical (unpaired) electrons. The Bertz CT molecular complexity index is 666. The minimum atomic E-state index is -0.810. The number of fused-ring (bicyclic) bond motifs is 1. The molecule has 1 aliphatic carbocycles. The molecule has 1 heterocycles. The molecule has 0 unspecified atom stereocenters. The van der Waals surface area contributed by atoms with Crippen LogP contribution >= 0.6 is 0 Å². The highest BCUT2D eigenvalue weighted by Crippen LogP contribution is 2.48. The summed E-state index contributed by atoms with van der Waals surface area (Å²) >= 11 is 0. The maximum Gasteiger partial charge on any atom is 0.317 e. The van der Waals surface area contributed by atoms with Gasteiger partial charge in [-0.3, -0.25) is 4.79 Å². The van der Waals surface area contributed by atoms with Gasteiger partial charge in [0, 0.05) is 25.7 Å². The third kappa shape index (κ3) is 2.90. The lowest BCUT2D eigenvalue weighted by Crippen LogP contribution is -2.41. The molecule has 2 N–H and O–H groups in total. The van der Waals surface area contributed by atoms with Gasteiger partial charge in [0.2, 0.25) is 0 Å². The first-order chi connectivity index (χ1) is 11.4. The quantitative estimate of drug-likeness (QED) is 0.884. The van der Waals surface area contributed by atoms with Gasteiger partial charge in [0.15, 0.2) is 0 Å². The monoisotopic (exact) mass is 336 g/mol. The molecule has 130 valence electrons. The van der Waals surface area contributed by atoms with Crippen molar-refractivity contribution in [2.45, 2.75) is 25.8 Å². The molecule has 1 aromatic carbocycles. The van der Waals surface area contributed by atoms with Gasteiger partial charge in [-0.25, -0.2) is 9.18 Å². The zero-order valence-electron chi connectivity index (χ0n) is 13.5. The number of benzene rings is 1. The van der Waals surface area contributed by atoms with Crippen molar-refractivity contribution < 1.29 is 23.8 Å². The van der Waals surface area contributed by atoms with Crippen LogP contribution in [0.2, 0.25) is 0 Å².